The summed E-state index contributed by atoms with van der Waals surface area (Å²) < 4.78 is 18.1. The maximum atomic E-state index is 13.0. The van der Waals surface area contributed by atoms with Crippen molar-refractivity contribution in [2.45, 2.75) is 19.0 Å². The summed E-state index contributed by atoms with van der Waals surface area (Å²) in [4.78, 5) is 26.3. The van der Waals surface area contributed by atoms with Crippen molar-refractivity contribution in [3.8, 4) is 5.75 Å². The Morgan fingerprint density at radius 3 is 2.73 bits per heavy atom. The highest BCUT2D eigenvalue weighted by Gasteiger charge is 2.30. The molecule has 1 unspecified atom stereocenters. The Hall–Kier alpha value is -2.60. The zero-order valence-electron chi connectivity index (χ0n) is 14.2. The third-order valence-corrected chi connectivity index (χ3v) is 4.42. The number of benzene rings is 2. The van der Waals surface area contributed by atoms with Crippen LogP contribution in [0.25, 0.3) is 0 Å². The molecular formula is C19H18ClFN2O3. The van der Waals surface area contributed by atoms with Gasteiger partial charge in [0, 0.05) is 30.1 Å². The number of halogens is 2. The Balaban J connectivity index is 1.62. The molecule has 0 aliphatic carbocycles. The van der Waals surface area contributed by atoms with Gasteiger partial charge in [0.25, 0.3) is 5.91 Å². The Morgan fingerprint density at radius 2 is 2.04 bits per heavy atom. The number of amides is 2. The SMILES string of the molecule is COc1cc(Cl)cc(C(=O)NC2CC(=O)N(Cc3ccc(F)cc3)C2)c1. The van der Waals surface area contributed by atoms with Crippen LogP contribution in [-0.4, -0.2) is 36.4 Å². The zero-order valence-corrected chi connectivity index (χ0v) is 14.9. The van der Waals surface area contributed by atoms with Crippen LogP contribution in [0.4, 0.5) is 4.39 Å². The lowest BCUT2D eigenvalue weighted by Crippen LogP contribution is -2.37. The van der Waals surface area contributed by atoms with E-state index >= 15 is 0 Å². The van der Waals surface area contributed by atoms with Crippen LogP contribution in [0.3, 0.4) is 0 Å². The fourth-order valence-corrected chi connectivity index (χ4v) is 3.14. The first-order valence-corrected chi connectivity index (χ1v) is 8.50. The number of likely N-dealkylation sites (tertiary alicyclic amines) is 1. The summed E-state index contributed by atoms with van der Waals surface area (Å²) in [6.45, 7) is 0.788. The minimum absolute atomic E-state index is 0.0525. The van der Waals surface area contributed by atoms with E-state index in [9.17, 15) is 14.0 Å². The van der Waals surface area contributed by atoms with Gasteiger partial charge in [-0.1, -0.05) is 23.7 Å². The molecule has 2 aromatic rings. The molecule has 1 atom stereocenters. The average molecular weight is 377 g/mol. The molecule has 0 bridgehead atoms. The van der Waals surface area contributed by atoms with Crippen LogP contribution in [0.1, 0.15) is 22.3 Å². The number of carbonyl (C=O) groups excluding carboxylic acids is 2. The Kier molecular flexibility index (Phi) is 5.42. The first-order valence-electron chi connectivity index (χ1n) is 8.12. The lowest BCUT2D eigenvalue weighted by Gasteiger charge is -2.17. The summed E-state index contributed by atoms with van der Waals surface area (Å²) >= 11 is 5.99. The van der Waals surface area contributed by atoms with Crippen molar-refractivity contribution in [3.63, 3.8) is 0 Å². The molecule has 1 fully saturated rings. The van der Waals surface area contributed by atoms with Gasteiger partial charge in [0.15, 0.2) is 0 Å². The summed E-state index contributed by atoms with van der Waals surface area (Å²) in [5.41, 5.74) is 1.21. The van der Waals surface area contributed by atoms with E-state index in [1.807, 2.05) is 0 Å². The second-order valence-corrected chi connectivity index (χ2v) is 6.59. The van der Waals surface area contributed by atoms with Crippen LogP contribution < -0.4 is 10.1 Å². The van der Waals surface area contributed by atoms with E-state index < -0.39 is 0 Å². The van der Waals surface area contributed by atoms with Gasteiger partial charge in [0.1, 0.15) is 11.6 Å². The lowest BCUT2D eigenvalue weighted by atomic mass is 10.1. The van der Waals surface area contributed by atoms with Crippen LogP contribution in [0.2, 0.25) is 5.02 Å². The molecule has 7 heteroatoms. The second-order valence-electron chi connectivity index (χ2n) is 6.15. The van der Waals surface area contributed by atoms with E-state index in [4.69, 9.17) is 16.3 Å². The van der Waals surface area contributed by atoms with Crippen LogP contribution in [-0.2, 0) is 11.3 Å². The fourth-order valence-electron chi connectivity index (χ4n) is 2.91. The van der Waals surface area contributed by atoms with Gasteiger partial charge in [-0.25, -0.2) is 4.39 Å². The molecule has 5 nitrogen and oxygen atoms in total. The van der Waals surface area contributed by atoms with Crippen LogP contribution in [0.15, 0.2) is 42.5 Å². The summed E-state index contributed by atoms with van der Waals surface area (Å²) in [5.74, 6) is -0.192. The van der Waals surface area contributed by atoms with Gasteiger partial charge >= 0.3 is 0 Å². The van der Waals surface area contributed by atoms with Crippen LogP contribution >= 0.6 is 11.6 Å². The van der Waals surface area contributed by atoms with Crippen molar-refractivity contribution < 1.29 is 18.7 Å². The van der Waals surface area contributed by atoms with E-state index in [1.54, 1.807) is 35.2 Å². The monoisotopic (exact) mass is 376 g/mol. The first-order chi connectivity index (χ1) is 12.4. The number of methoxy groups -OCH3 is 1. The molecule has 2 amide bonds. The van der Waals surface area contributed by atoms with Gasteiger partial charge in [-0.15, -0.1) is 0 Å². The summed E-state index contributed by atoms with van der Waals surface area (Å²) in [7, 11) is 1.50. The highest BCUT2D eigenvalue weighted by Crippen LogP contribution is 2.21. The highest BCUT2D eigenvalue weighted by molar-refractivity contribution is 6.31. The van der Waals surface area contributed by atoms with Gasteiger partial charge in [0.05, 0.1) is 13.2 Å². The molecule has 1 saturated heterocycles. The maximum absolute atomic E-state index is 13.0. The smallest absolute Gasteiger partial charge is 0.251 e. The van der Waals surface area contributed by atoms with E-state index in [1.165, 1.54) is 19.2 Å². The number of ether oxygens (including phenoxy) is 1. The normalized spacial score (nSPS) is 16.7. The topological polar surface area (TPSA) is 58.6 Å². The summed E-state index contributed by atoms with van der Waals surface area (Å²) in [5, 5.41) is 3.25. The number of nitrogens with zero attached hydrogens (tertiary/aromatic N) is 1. The van der Waals surface area contributed by atoms with Crippen LogP contribution in [0.5, 0.6) is 5.75 Å². The first kappa shape index (κ1) is 18.2. The molecule has 0 radical (unpaired) electrons. The van der Waals surface area contributed by atoms with Gasteiger partial charge in [-0.05, 0) is 35.9 Å². The zero-order chi connectivity index (χ0) is 18.7. The molecule has 1 aliphatic rings. The van der Waals surface area contributed by atoms with Crippen LogP contribution in [0, 0.1) is 5.82 Å². The molecule has 0 spiro atoms. The minimum Gasteiger partial charge on any atom is -0.497 e. The number of nitrogens with one attached hydrogen (secondary N) is 1. The number of hydrogen-bond donors (Lipinski definition) is 1. The van der Waals surface area contributed by atoms with Crippen molar-refractivity contribution in [3.05, 3.63) is 64.4 Å². The molecule has 136 valence electrons. The maximum Gasteiger partial charge on any atom is 0.251 e. The predicted molar refractivity (Wildman–Crippen MR) is 95.7 cm³/mol. The van der Waals surface area contributed by atoms with Gasteiger partial charge < -0.3 is 15.0 Å². The molecular weight excluding hydrogens is 359 g/mol. The summed E-state index contributed by atoms with van der Waals surface area (Å²) in [6.07, 6.45) is 0.227. The number of carbonyl (C=O) groups is 2. The third kappa shape index (κ3) is 4.32. The molecule has 1 heterocycles. The van der Waals surface area contributed by atoms with Gasteiger partial charge in [0.2, 0.25) is 5.91 Å². The molecule has 2 aromatic carbocycles. The molecule has 1 N–H and O–H groups in total. The minimum atomic E-state index is -0.316. The standard InChI is InChI=1S/C19H18ClFN2O3/c1-26-17-7-13(6-14(20)8-17)19(25)22-16-9-18(24)23(11-16)10-12-2-4-15(21)5-3-12/h2-8,16H,9-11H2,1H3,(H,22,25). The van der Waals surface area contributed by atoms with Crippen molar-refractivity contribution in [2.24, 2.45) is 0 Å². The quantitative estimate of drug-likeness (QED) is 0.872. The van der Waals surface area contributed by atoms with Crippen molar-refractivity contribution >= 4 is 23.4 Å². The van der Waals surface area contributed by atoms with E-state index in [0.717, 1.165) is 5.56 Å². The average Bonchev–Trinajstić information content (AvgIpc) is 2.95. The van der Waals surface area contributed by atoms with E-state index in [2.05, 4.69) is 5.32 Å². The molecule has 1 aliphatic heterocycles. The van der Waals surface area contributed by atoms with Gasteiger partial charge in [-0.3, -0.25) is 9.59 Å². The molecule has 0 aromatic heterocycles. The Labute approximate surface area is 155 Å². The molecule has 0 saturated carbocycles. The fraction of sp³-hybridized carbons (Fsp3) is 0.263. The number of rotatable bonds is 5. The second kappa shape index (κ2) is 7.74. The summed E-state index contributed by atoms with van der Waals surface area (Å²) in [6, 6.07) is 10.5. The van der Waals surface area contributed by atoms with Crippen molar-refractivity contribution in [2.75, 3.05) is 13.7 Å². The van der Waals surface area contributed by atoms with E-state index in [-0.39, 0.29) is 30.1 Å². The lowest BCUT2D eigenvalue weighted by molar-refractivity contribution is -0.128. The molecule has 3 rings (SSSR count). The number of hydrogen-bond acceptors (Lipinski definition) is 3. The largest absolute Gasteiger partial charge is 0.497 e. The predicted octanol–water partition coefficient (Wildman–Crippen LogP) is 3.02. The van der Waals surface area contributed by atoms with Crippen molar-refractivity contribution in [1.29, 1.82) is 0 Å². The van der Waals surface area contributed by atoms with Crippen molar-refractivity contribution in [1.82, 2.24) is 10.2 Å². The third-order valence-electron chi connectivity index (χ3n) is 4.21. The molecule has 26 heavy (non-hydrogen) atoms. The highest BCUT2D eigenvalue weighted by atomic mass is 35.5. The Morgan fingerprint density at radius 1 is 1.31 bits per heavy atom. The Bertz CT molecular complexity index is 826. The van der Waals surface area contributed by atoms with Gasteiger partial charge in [-0.2, -0.15) is 0 Å². The van der Waals surface area contributed by atoms with E-state index in [0.29, 0.717) is 29.4 Å².